The second-order valence-electron chi connectivity index (χ2n) is 6.14. The smallest absolute Gasteiger partial charge is 0.129 e. The summed E-state index contributed by atoms with van der Waals surface area (Å²) in [4.78, 5) is 0. The zero-order valence-corrected chi connectivity index (χ0v) is 12.8. The van der Waals surface area contributed by atoms with Gasteiger partial charge in [0.15, 0.2) is 0 Å². The van der Waals surface area contributed by atoms with E-state index in [4.69, 9.17) is 4.74 Å². The van der Waals surface area contributed by atoms with E-state index in [0.29, 0.717) is 5.92 Å². The van der Waals surface area contributed by atoms with Crippen LogP contribution in [0.5, 0.6) is 5.75 Å². The minimum absolute atomic E-state index is 0.185. The summed E-state index contributed by atoms with van der Waals surface area (Å²) in [5, 5.41) is 10.6. The molecular weight excluding hydrogens is 260 g/mol. The standard InChI is InChI=1S/C19H22O2/c1-12-8-9-13(2)17(10-12)21-18-11-14(3)15-6-4-5-7-16(15)19(18)20/h4-10,14,18-20H,11H2,1-3H3. The van der Waals surface area contributed by atoms with Gasteiger partial charge in [-0.05, 0) is 54.5 Å². The van der Waals surface area contributed by atoms with Crippen LogP contribution in [0.15, 0.2) is 42.5 Å². The highest BCUT2D eigenvalue weighted by atomic mass is 16.5. The van der Waals surface area contributed by atoms with Crippen LogP contribution >= 0.6 is 0 Å². The van der Waals surface area contributed by atoms with E-state index in [0.717, 1.165) is 23.3 Å². The SMILES string of the molecule is Cc1ccc(C)c(OC2CC(C)c3ccccc3C2O)c1. The first-order valence-electron chi connectivity index (χ1n) is 7.57. The molecule has 3 atom stereocenters. The Hall–Kier alpha value is -1.80. The quantitative estimate of drug-likeness (QED) is 0.890. The first-order chi connectivity index (χ1) is 10.1. The van der Waals surface area contributed by atoms with Gasteiger partial charge in [0, 0.05) is 0 Å². The maximum absolute atomic E-state index is 10.6. The van der Waals surface area contributed by atoms with Crippen LogP contribution in [0.25, 0.3) is 0 Å². The molecule has 0 amide bonds. The van der Waals surface area contributed by atoms with Crippen LogP contribution in [-0.4, -0.2) is 11.2 Å². The Kier molecular flexibility index (Phi) is 3.73. The predicted molar refractivity (Wildman–Crippen MR) is 84.8 cm³/mol. The molecule has 0 heterocycles. The van der Waals surface area contributed by atoms with Crippen molar-refractivity contribution >= 4 is 0 Å². The van der Waals surface area contributed by atoms with Crippen molar-refractivity contribution in [3.8, 4) is 5.75 Å². The van der Waals surface area contributed by atoms with E-state index in [2.05, 4.69) is 32.0 Å². The summed E-state index contributed by atoms with van der Waals surface area (Å²) in [7, 11) is 0. The predicted octanol–water partition coefficient (Wildman–Crippen LogP) is 4.29. The molecule has 0 spiro atoms. The molecule has 0 saturated heterocycles. The van der Waals surface area contributed by atoms with E-state index in [1.807, 2.05) is 31.2 Å². The van der Waals surface area contributed by atoms with Gasteiger partial charge in [0.2, 0.25) is 0 Å². The van der Waals surface area contributed by atoms with Crippen molar-refractivity contribution in [2.75, 3.05) is 0 Å². The number of aliphatic hydroxyl groups excluding tert-OH is 1. The van der Waals surface area contributed by atoms with Gasteiger partial charge in [-0.2, -0.15) is 0 Å². The van der Waals surface area contributed by atoms with Gasteiger partial charge in [0.05, 0.1) is 0 Å². The third-order valence-electron chi connectivity index (χ3n) is 4.41. The van der Waals surface area contributed by atoms with Gasteiger partial charge in [-0.3, -0.25) is 0 Å². The Bertz CT molecular complexity index is 648. The van der Waals surface area contributed by atoms with Crippen molar-refractivity contribution in [3.63, 3.8) is 0 Å². The monoisotopic (exact) mass is 282 g/mol. The molecule has 21 heavy (non-hydrogen) atoms. The molecule has 0 saturated carbocycles. The summed E-state index contributed by atoms with van der Waals surface area (Å²) in [5.74, 6) is 1.28. The molecule has 2 aromatic rings. The molecule has 1 aliphatic carbocycles. The lowest BCUT2D eigenvalue weighted by Crippen LogP contribution is -2.32. The Labute approximate surface area is 126 Å². The summed E-state index contributed by atoms with van der Waals surface area (Å²) in [6.45, 7) is 6.30. The molecule has 0 aromatic heterocycles. The highest BCUT2D eigenvalue weighted by Crippen LogP contribution is 2.39. The lowest BCUT2D eigenvalue weighted by molar-refractivity contribution is 0.0175. The molecule has 2 aromatic carbocycles. The van der Waals surface area contributed by atoms with Crippen molar-refractivity contribution in [2.45, 2.75) is 45.3 Å². The summed E-state index contributed by atoms with van der Waals surface area (Å²) in [6.07, 6.45) is 0.0960. The molecule has 0 aliphatic heterocycles. The first kappa shape index (κ1) is 14.2. The Morgan fingerprint density at radius 3 is 2.52 bits per heavy atom. The Morgan fingerprint density at radius 2 is 1.76 bits per heavy atom. The third kappa shape index (κ3) is 2.68. The van der Waals surface area contributed by atoms with E-state index in [-0.39, 0.29) is 6.10 Å². The molecule has 2 heteroatoms. The fourth-order valence-electron chi connectivity index (χ4n) is 3.14. The molecular formula is C19H22O2. The van der Waals surface area contributed by atoms with Crippen molar-refractivity contribution in [1.82, 2.24) is 0 Å². The Balaban J connectivity index is 1.89. The zero-order valence-electron chi connectivity index (χ0n) is 12.8. The van der Waals surface area contributed by atoms with Crippen molar-refractivity contribution in [2.24, 2.45) is 0 Å². The first-order valence-corrected chi connectivity index (χ1v) is 7.57. The van der Waals surface area contributed by atoms with Gasteiger partial charge in [0.25, 0.3) is 0 Å². The number of aryl methyl sites for hydroxylation is 2. The Morgan fingerprint density at radius 1 is 1.05 bits per heavy atom. The number of fused-ring (bicyclic) bond motifs is 1. The molecule has 3 rings (SSSR count). The summed E-state index contributed by atoms with van der Waals surface area (Å²) >= 11 is 0. The number of ether oxygens (including phenoxy) is 1. The molecule has 110 valence electrons. The number of hydrogen-bond donors (Lipinski definition) is 1. The van der Waals surface area contributed by atoms with Crippen molar-refractivity contribution < 1.29 is 9.84 Å². The minimum Gasteiger partial charge on any atom is -0.487 e. The van der Waals surface area contributed by atoms with Gasteiger partial charge in [0.1, 0.15) is 18.0 Å². The second kappa shape index (κ2) is 5.53. The van der Waals surface area contributed by atoms with Crippen LogP contribution in [-0.2, 0) is 0 Å². The van der Waals surface area contributed by atoms with Crippen molar-refractivity contribution in [3.05, 3.63) is 64.7 Å². The number of hydrogen-bond acceptors (Lipinski definition) is 2. The maximum atomic E-state index is 10.6. The van der Waals surface area contributed by atoms with Gasteiger partial charge < -0.3 is 9.84 Å². The molecule has 0 fully saturated rings. The van der Waals surface area contributed by atoms with Crippen LogP contribution in [0, 0.1) is 13.8 Å². The highest BCUT2D eigenvalue weighted by molar-refractivity contribution is 5.38. The van der Waals surface area contributed by atoms with Gasteiger partial charge in [-0.1, -0.05) is 43.3 Å². The van der Waals surface area contributed by atoms with Gasteiger partial charge >= 0.3 is 0 Å². The number of benzene rings is 2. The lowest BCUT2D eigenvalue weighted by atomic mass is 9.80. The van der Waals surface area contributed by atoms with E-state index in [9.17, 15) is 5.11 Å². The fraction of sp³-hybridized carbons (Fsp3) is 0.368. The largest absolute Gasteiger partial charge is 0.487 e. The highest BCUT2D eigenvalue weighted by Gasteiger charge is 2.33. The average Bonchev–Trinajstić information content (AvgIpc) is 2.48. The zero-order chi connectivity index (χ0) is 15.0. The van der Waals surface area contributed by atoms with Crippen LogP contribution < -0.4 is 4.74 Å². The molecule has 0 radical (unpaired) electrons. The molecule has 0 bridgehead atoms. The van der Waals surface area contributed by atoms with E-state index >= 15 is 0 Å². The second-order valence-corrected chi connectivity index (χ2v) is 6.14. The van der Waals surface area contributed by atoms with Gasteiger partial charge in [-0.15, -0.1) is 0 Å². The number of rotatable bonds is 2. The lowest BCUT2D eigenvalue weighted by Gasteiger charge is -2.34. The molecule has 2 nitrogen and oxygen atoms in total. The van der Waals surface area contributed by atoms with Crippen LogP contribution in [0.4, 0.5) is 0 Å². The topological polar surface area (TPSA) is 29.5 Å². The molecule has 3 unspecified atom stereocenters. The van der Waals surface area contributed by atoms with Gasteiger partial charge in [-0.25, -0.2) is 0 Å². The molecule has 1 aliphatic rings. The fourth-order valence-corrected chi connectivity index (χ4v) is 3.14. The van der Waals surface area contributed by atoms with Crippen molar-refractivity contribution in [1.29, 1.82) is 0 Å². The number of aliphatic hydroxyl groups is 1. The summed E-state index contributed by atoms with van der Waals surface area (Å²) in [5.41, 5.74) is 4.53. The van der Waals surface area contributed by atoms with Crippen LogP contribution in [0.3, 0.4) is 0 Å². The maximum Gasteiger partial charge on any atom is 0.129 e. The summed E-state index contributed by atoms with van der Waals surface area (Å²) < 4.78 is 6.16. The third-order valence-corrected chi connectivity index (χ3v) is 4.41. The normalized spacial score (nSPS) is 24.5. The van der Waals surface area contributed by atoms with E-state index in [1.165, 1.54) is 11.1 Å². The minimum atomic E-state index is -0.558. The summed E-state index contributed by atoms with van der Waals surface area (Å²) in [6, 6.07) is 14.3. The van der Waals surface area contributed by atoms with Crippen LogP contribution in [0.1, 0.15) is 47.6 Å². The molecule has 1 N–H and O–H groups in total. The van der Waals surface area contributed by atoms with E-state index < -0.39 is 6.10 Å². The average molecular weight is 282 g/mol. The van der Waals surface area contributed by atoms with E-state index in [1.54, 1.807) is 0 Å². The van der Waals surface area contributed by atoms with Crippen LogP contribution in [0.2, 0.25) is 0 Å².